The van der Waals surface area contributed by atoms with Crippen LogP contribution in [0.15, 0.2) is 18.2 Å². The van der Waals surface area contributed by atoms with Gasteiger partial charge in [0.25, 0.3) is 5.91 Å². The van der Waals surface area contributed by atoms with Crippen molar-refractivity contribution in [2.24, 2.45) is 0 Å². The van der Waals surface area contributed by atoms with E-state index in [9.17, 15) is 14.7 Å². The maximum atomic E-state index is 12.2. The normalized spacial score (nSPS) is 11.3. The van der Waals surface area contributed by atoms with Crippen molar-refractivity contribution in [3.05, 3.63) is 29.3 Å². The van der Waals surface area contributed by atoms with Crippen molar-refractivity contribution in [1.29, 1.82) is 0 Å². The zero-order chi connectivity index (χ0) is 25.2. The molecular formula is C23H39N3O8. The second-order valence-electron chi connectivity index (χ2n) is 8.21. The van der Waals surface area contributed by atoms with Gasteiger partial charge in [-0.25, -0.2) is 4.79 Å². The van der Waals surface area contributed by atoms with Crippen LogP contribution in [0, 0.1) is 0 Å². The molecule has 1 aromatic carbocycles. The van der Waals surface area contributed by atoms with Gasteiger partial charge in [-0.15, -0.1) is 0 Å². The highest BCUT2D eigenvalue weighted by molar-refractivity contribution is 5.96. The van der Waals surface area contributed by atoms with Crippen molar-refractivity contribution in [2.45, 2.75) is 33.0 Å². The Balaban J connectivity index is 1.88. The van der Waals surface area contributed by atoms with Gasteiger partial charge in [-0.05, 0) is 38.5 Å². The van der Waals surface area contributed by atoms with E-state index in [-0.39, 0.29) is 12.5 Å². The highest BCUT2D eigenvalue weighted by Crippen LogP contribution is 2.13. The number of aliphatic hydroxyl groups excluding tert-OH is 1. The second kappa shape index (κ2) is 17.1. The highest BCUT2D eigenvalue weighted by Gasteiger charge is 2.15. The van der Waals surface area contributed by atoms with E-state index in [4.69, 9.17) is 29.4 Å². The van der Waals surface area contributed by atoms with Crippen LogP contribution in [-0.4, -0.2) is 88.7 Å². The number of hydrogen-bond acceptors (Lipinski definition) is 9. The van der Waals surface area contributed by atoms with Gasteiger partial charge < -0.3 is 45.2 Å². The minimum absolute atomic E-state index is 0.235. The summed E-state index contributed by atoms with van der Waals surface area (Å²) in [5, 5.41) is 14.7. The number of rotatable bonds is 17. The monoisotopic (exact) mass is 485 g/mol. The third-order valence-electron chi connectivity index (χ3n) is 4.11. The number of hydrogen-bond donors (Lipinski definition) is 4. The van der Waals surface area contributed by atoms with Gasteiger partial charge in [-0.3, -0.25) is 4.79 Å². The van der Waals surface area contributed by atoms with Crippen LogP contribution in [-0.2, 0) is 30.3 Å². The Morgan fingerprint density at radius 3 is 1.85 bits per heavy atom. The molecule has 0 bridgehead atoms. The second-order valence-corrected chi connectivity index (χ2v) is 8.21. The van der Waals surface area contributed by atoms with Crippen LogP contribution in [0.3, 0.4) is 0 Å². The first-order valence-corrected chi connectivity index (χ1v) is 11.3. The van der Waals surface area contributed by atoms with Gasteiger partial charge in [-0.1, -0.05) is 6.07 Å². The fourth-order valence-electron chi connectivity index (χ4n) is 2.58. The Labute approximate surface area is 201 Å². The molecule has 0 aromatic heterocycles. The summed E-state index contributed by atoms with van der Waals surface area (Å²) in [7, 11) is 0. The van der Waals surface area contributed by atoms with Crippen LogP contribution in [0.1, 0.15) is 36.7 Å². The summed E-state index contributed by atoms with van der Waals surface area (Å²) in [5.74, 6) is -0.309. The number of anilines is 1. The third-order valence-corrected chi connectivity index (χ3v) is 4.11. The highest BCUT2D eigenvalue weighted by atomic mass is 16.6. The molecule has 2 amide bonds. The van der Waals surface area contributed by atoms with Crippen molar-refractivity contribution < 1.29 is 38.4 Å². The predicted molar refractivity (Wildman–Crippen MR) is 127 cm³/mol. The van der Waals surface area contributed by atoms with E-state index in [0.29, 0.717) is 82.8 Å². The molecular weight excluding hydrogens is 446 g/mol. The summed E-state index contributed by atoms with van der Waals surface area (Å²) in [4.78, 5) is 23.6. The summed E-state index contributed by atoms with van der Waals surface area (Å²) in [6.07, 6.45) is -0.465. The van der Waals surface area contributed by atoms with E-state index in [2.05, 4.69) is 10.6 Å². The first-order valence-electron chi connectivity index (χ1n) is 11.3. The summed E-state index contributed by atoms with van der Waals surface area (Å²) in [5.41, 5.74) is 6.51. The standard InChI is InChI=1S/C23H39N3O8/c1-23(2,3)34-22(29)26-7-9-31-11-13-33-15-14-32-12-10-30-8-6-25-21(28)20-16-19(24)5-4-18(20)17-27/h4-5,16,27H,6-15,17,24H2,1-3H3,(H,25,28)(H,26,29). The smallest absolute Gasteiger partial charge is 0.407 e. The Hall–Kier alpha value is -2.44. The summed E-state index contributed by atoms with van der Waals surface area (Å²) in [6.45, 7) is 9.09. The van der Waals surface area contributed by atoms with E-state index in [0.717, 1.165) is 0 Å². The maximum absolute atomic E-state index is 12.2. The SMILES string of the molecule is CC(C)(C)OC(=O)NCCOCCOCCOCCOCCNC(=O)c1cc(N)ccc1CO. The summed E-state index contributed by atoms with van der Waals surface area (Å²) >= 11 is 0. The van der Waals surface area contributed by atoms with Crippen LogP contribution < -0.4 is 16.4 Å². The topological polar surface area (TPSA) is 151 Å². The Bertz CT molecular complexity index is 725. The number of carbonyl (C=O) groups is 2. The van der Waals surface area contributed by atoms with Gasteiger partial charge in [0.1, 0.15) is 5.60 Å². The molecule has 0 saturated heterocycles. The molecule has 0 atom stereocenters. The van der Waals surface area contributed by atoms with Crippen molar-refractivity contribution in [3.63, 3.8) is 0 Å². The fourth-order valence-corrected chi connectivity index (χ4v) is 2.58. The van der Waals surface area contributed by atoms with E-state index < -0.39 is 11.7 Å². The Morgan fingerprint density at radius 1 is 0.853 bits per heavy atom. The molecule has 0 saturated carbocycles. The molecule has 0 heterocycles. The van der Waals surface area contributed by atoms with Crippen LogP contribution in [0.4, 0.5) is 10.5 Å². The van der Waals surface area contributed by atoms with E-state index in [1.807, 2.05) is 0 Å². The average molecular weight is 486 g/mol. The molecule has 0 unspecified atom stereocenters. The Morgan fingerprint density at radius 2 is 1.35 bits per heavy atom. The lowest BCUT2D eigenvalue weighted by atomic mass is 10.1. The Kier molecular flexibility index (Phi) is 14.9. The van der Waals surface area contributed by atoms with E-state index >= 15 is 0 Å². The molecule has 11 nitrogen and oxygen atoms in total. The molecule has 5 N–H and O–H groups in total. The molecule has 1 rings (SSSR count). The van der Waals surface area contributed by atoms with Crippen LogP contribution in [0.25, 0.3) is 0 Å². The quantitative estimate of drug-likeness (QED) is 0.188. The van der Waals surface area contributed by atoms with Gasteiger partial charge in [0.05, 0.1) is 59.5 Å². The molecule has 0 aliphatic heterocycles. The minimum atomic E-state index is -0.519. The molecule has 11 heteroatoms. The van der Waals surface area contributed by atoms with Crippen LogP contribution in [0.5, 0.6) is 0 Å². The van der Waals surface area contributed by atoms with Gasteiger partial charge in [-0.2, -0.15) is 0 Å². The maximum Gasteiger partial charge on any atom is 0.407 e. The number of nitrogens with two attached hydrogens (primary N) is 1. The predicted octanol–water partition coefficient (Wildman–Crippen LogP) is 1.08. The van der Waals surface area contributed by atoms with Gasteiger partial charge >= 0.3 is 6.09 Å². The molecule has 1 aromatic rings. The number of benzene rings is 1. The molecule has 0 aliphatic carbocycles. The lowest BCUT2D eigenvalue weighted by Gasteiger charge is -2.19. The number of carbonyl (C=O) groups excluding carboxylic acids is 2. The van der Waals surface area contributed by atoms with Crippen molar-refractivity contribution in [3.8, 4) is 0 Å². The number of amides is 2. The fraction of sp³-hybridized carbons (Fsp3) is 0.652. The summed E-state index contributed by atoms with van der Waals surface area (Å²) in [6, 6.07) is 4.80. The van der Waals surface area contributed by atoms with E-state index in [1.54, 1.807) is 32.9 Å². The third kappa shape index (κ3) is 14.7. The average Bonchev–Trinajstić information content (AvgIpc) is 2.77. The number of alkyl carbamates (subject to hydrolysis) is 1. The number of ether oxygens (including phenoxy) is 5. The molecule has 0 fully saturated rings. The van der Waals surface area contributed by atoms with Gasteiger partial charge in [0, 0.05) is 24.3 Å². The lowest BCUT2D eigenvalue weighted by molar-refractivity contribution is -0.00142. The number of aliphatic hydroxyl groups is 1. The molecule has 194 valence electrons. The van der Waals surface area contributed by atoms with Crippen LogP contribution >= 0.6 is 0 Å². The largest absolute Gasteiger partial charge is 0.444 e. The number of nitrogen functional groups attached to an aromatic ring is 1. The molecule has 0 spiro atoms. The molecule has 0 aliphatic rings. The first kappa shape index (κ1) is 29.6. The van der Waals surface area contributed by atoms with Crippen molar-refractivity contribution in [1.82, 2.24) is 10.6 Å². The first-order chi connectivity index (χ1) is 16.2. The zero-order valence-electron chi connectivity index (χ0n) is 20.4. The number of nitrogens with one attached hydrogen (secondary N) is 2. The van der Waals surface area contributed by atoms with Gasteiger partial charge in [0.2, 0.25) is 0 Å². The van der Waals surface area contributed by atoms with Crippen molar-refractivity contribution >= 4 is 17.7 Å². The zero-order valence-corrected chi connectivity index (χ0v) is 20.4. The van der Waals surface area contributed by atoms with Crippen LogP contribution in [0.2, 0.25) is 0 Å². The lowest BCUT2D eigenvalue weighted by Crippen LogP contribution is -2.34. The van der Waals surface area contributed by atoms with Crippen molar-refractivity contribution in [2.75, 3.05) is 71.7 Å². The minimum Gasteiger partial charge on any atom is -0.444 e. The molecule has 34 heavy (non-hydrogen) atoms. The summed E-state index contributed by atoms with van der Waals surface area (Å²) < 4.78 is 26.7. The van der Waals surface area contributed by atoms with Gasteiger partial charge in [0.15, 0.2) is 0 Å². The van der Waals surface area contributed by atoms with E-state index in [1.165, 1.54) is 6.07 Å². The molecule has 0 radical (unpaired) electrons.